The lowest BCUT2D eigenvalue weighted by molar-refractivity contribution is -0.0301. The van der Waals surface area contributed by atoms with Gasteiger partial charge in [-0.3, -0.25) is 14.6 Å². The molecular formula is C27H30N2O3. The lowest BCUT2D eigenvalue weighted by Crippen LogP contribution is -2.55. The Morgan fingerprint density at radius 2 is 1.28 bits per heavy atom. The van der Waals surface area contributed by atoms with Crippen LogP contribution in [0.4, 0.5) is 0 Å². The minimum absolute atomic E-state index is 0.0373. The molecule has 5 nitrogen and oxygen atoms in total. The van der Waals surface area contributed by atoms with Crippen LogP contribution in [0.25, 0.3) is 10.8 Å². The van der Waals surface area contributed by atoms with Crippen LogP contribution in [0.2, 0.25) is 0 Å². The van der Waals surface area contributed by atoms with Crippen LogP contribution in [0, 0.1) is 0 Å². The van der Waals surface area contributed by atoms with Gasteiger partial charge in [0.2, 0.25) is 0 Å². The van der Waals surface area contributed by atoms with Gasteiger partial charge >= 0.3 is 0 Å². The number of nitrogens with zero attached hydrogens (tertiary/aromatic N) is 2. The Bertz CT molecular complexity index is 1040. The van der Waals surface area contributed by atoms with E-state index in [9.17, 15) is 4.79 Å². The lowest BCUT2D eigenvalue weighted by atomic mass is 9.88. The summed E-state index contributed by atoms with van der Waals surface area (Å²) in [5.74, 6) is 0.184. The highest BCUT2D eigenvalue weighted by atomic mass is 16.5. The highest BCUT2D eigenvalue weighted by Gasteiger charge is 2.40. The fraction of sp³-hybridized carbons (Fsp3) is 0.370. The van der Waals surface area contributed by atoms with E-state index >= 15 is 0 Å². The van der Waals surface area contributed by atoms with Gasteiger partial charge in [-0.05, 0) is 16.3 Å². The average molecular weight is 431 g/mol. The van der Waals surface area contributed by atoms with Crippen molar-refractivity contribution in [2.24, 2.45) is 0 Å². The predicted molar refractivity (Wildman–Crippen MR) is 126 cm³/mol. The summed E-state index contributed by atoms with van der Waals surface area (Å²) in [6.45, 7) is 5.87. The molecule has 2 aliphatic heterocycles. The van der Waals surface area contributed by atoms with Crippen LogP contribution in [0.3, 0.4) is 0 Å². The third-order valence-corrected chi connectivity index (χ3v) is 6.64. The summed E-state index contributed by atoms with van der Waals surface area (Å²) in [5.41, 5.74) is 1.98. The summed E-state index contributed by atoms with van der Waals surface area (Å²) in [6.07, 6.45) is 0. The number of hydrogen-bond donors (Lipinski definition) is 0. The van der Waals surface area contributed by atoms with Gasteiger partial charge in [0.15, 0.2) is 5.78 Å². The smallest absolute Gasteiger partial charge is 0.182 e. The molecule has 166 valence electrons. The quantitative estimate of drug-likeness (QED) is 0.557. The summed E-state index contributed by atoms with van der Waals surface area (Å²) in [6, 6.07) is 24.4. The number of benzene rings is 3. The van der Waals surface area contributed by atoms with Gasteiger partial charge in [-0.15, -0.1) is 0 Å². The number of morpholine rings is 2. The molecule has 0 bridgehead atoms. The molecule has 2 atom stereocenters. The number of ether oxygens (including phenoxy) is 2. The van der Waals surface area contributed by atoms with Crippen molar-refractivity contribution < 1.29 is 14.3 Å². The third-order valence-electron chi connectivity index (χ3n) is 6.64. The second-order valence-electron chi connectivity index (χ2n) is 8.49. The highest BCUT2D eigenvalue weighted by Crippen LogP contribution is 2.33. The van der Waals surface area contributed by atoms with Gasteiger partial charge in [0.1, 0.15) is 0 Å². The molecule has 0 radical (unpaired) electrons. The third kappa shape index (κ3) is 4.34. The molecule has 2 heterocycles. The Hall–Kier alpha value is -2.57. The van der Waals surface area contributed by atoms with E-state index in [-0.39, 0.29) is 17.9 Å². The zero-order chi connectivity index (χ0) is 21.8. The summed E-state index contributed by atoms with van der Waals surface area (Å²) in [7, 11) is 0. The van der Waals surface area contributed by atoms with Gasteiger partial charge in [0.25, 0.3) is 0 Å². The Labute approximate surface area is 189 Å². The average Bonchev–Trinajstić information content (AvgIpc) is 2.88. The van der Waals surface area contributed by atoms with Gasteiger partial charge in [-0.25, -0.2) is 0 Å². The second-order valence-corrected chi connectivity index (χ2v) is 8.49. The fourth-order valence-corrected chi connectivity index (χ4v) is 5.06. The molecule has 32 heavy (non-hydrogen) atoms. The van der Waals surface area contributed by atoms with Crippen LogP contribution in [0.5, 0.6) is 0 Å². The summed E-state index contributed by atoms with van der Waals surface area (Å²) >= 11 is 0. The lowest BCUT2D eigenvalue weighted by Gasteiger charge is -2.44. The number of Topliss-reactive ketones (excluding diaryl/α,β-unsaturated/α-hetero) is 1. The molecule has 5 heteroatoms. The number of hydrogen-bond acceptors (Lipinski definition) is 5. The second kappa shape index (κ2) is 9.92. The van der Waals surface area contributed by atoms with Crippen molar-refractivity contribution in [2.45, 2.75) is 12.1 Å². The maximum Gasteiger partial charge on any atom is 0.182 e. The minimum Gasteiger partial charge on any atom is -0.379 e. The number of rotatable bonds is 6. The van der Waals surface area contributed by atoms with E-state index in [1.54, 1.807) is 0 Å². The van der Waals surface area contributed by atoms with Gasteiger partial charge < -0.3 is 9.47 Å². The SMILES string of the molecule is O=C(c1cccc2ccccc12)[C@@H]([C@@H](c1ccccc1)N1CCOCC1)N1CCOCC1. The maximum absolute atomic E-state index is 14.4. The van der Waals surface area contributed by atoms with E-state index in [0.29, 0.717) is 26.4 Å². The molecule has 3 aromatic carbocycles. The molecule has 0 amide bonds. The van der Waals surface area contributed by atoms with E-state index < -0.39 is 0 Å². The monoisotopic (exact) mass is 430 g/mol. The van der Waals surface area contributed by atoms with E-state index in [2.05, 4.69) is 52.3 Å². The zero-order valence-electron chi connectivity index (χ0n) is 18.4. The molecule has 0 unspecified atom stereocenters. The number of fused-ring (bicyclic) bond motifs is 1. The van der Waals surface area contributed by atoms with E-state index in [4.69, 9.17) is 9.47 Å². The molecule has 5 rings (SSSR count). The Morgan fingerprint density at radius 1 is 0.688 bits per heavy atom. The van der Waals surface area contributed by atoms with Crippen molar-refractivity contribution in [2.75, 3.05) is 52.6 Å². The van der Waals surface area contributed by atoms with Crippen molar-refractivity contribution in [3.05, 3.63) is 83.9 Å². The molecule has 3 aromatic rings. The topological polar surface area (TPSA) is 42.0 Å². The molecule has 0 aliphatic carbocycles. The molecule has 0 N–H and O–H groups in total. The van der Waals surface area contributed by atoms with Crippen LogP contribution in [-0.2, 0) is 9.47 Å². The Balaban J connectivity index is 1.62. The Kier molecular flexibility index (Phi) is 6.60. The zero-order valence-corrected chi connectivity index (χ0v) is 18.4. The maximum atomic E-state index is 14.4. The van der Waals surface area contributed by atoms with Crippen molar-refractivity contribution in [1.29, 1.82) is 0 Å². The molecular weight excluding hydrogens is 400 g/mol. The number of carbonyl (C=O) groups excluding carboxylic acids is 1. The standard InChI is InChI=1S/C27H30N2O3/c30-27(24-12-6-10-21-7-4-5-11-23(21)24)26(29-15-19-32-20-16-29)25(22-8-2-1-3-9-22)28-13-17-31-18-14-28/h1-12,25-26H,13-20H2/t25-,26-/m1/s1. The summed E-state index contributed by atoms with van der Waals surface area (Å²) < 4.78 is 11.3. The van der Waals surface area contributed by atoms with Crippen molar-refractivity contribution in [3.63, 3.8) is 0 Å². The summed E-state index contributed by atoms with van der Waals surface area (Å²) in [4.78, 5) is 19.1. The first kappa shape index (κ1) is 21.3. The van der Waals surface area contributed by atoms with Crippen LogP contribution in [0.1, 0.15) is 22.0 Å². The van der Waals surface area contributed by atoms with Crippen LogP contribution < -0.4 is 0 Å². The molecule has 2 aliphatic rings. The van der Waals surface area contributed by atoms with Crippen LogP contribution >= 0.6 is 0 Å². The Morgan fingerprint density at radius 3 is 2.00 bits per heavy atom. The largest absolute Gasteiger partial charge is 0.379 e. The molecule has 0 saturated carbocycles. The van der Waals surface area contributed by atoms with E-state index in [1.807, 2.05) is 30.3 Å². The molecule has 2 fully saturated rings. The van der Waals surface area contributed by atoms with Gasteiger partial charge in [-0.2, -0.15) is 0 Å². The molecule has 0 aromatic heterocycles. The van der Waals surface area contributed by atoms with Gasteiger partial charge in [0, 0.05) is 31.7 Å². The normalized spacial score (nSPS) is 20.1. The van der Waals surface area contributed by atoms with E-state index in [0.717, 1.165) is 42.5 Å². The first-order chi connectivity index (χ1) is 15.8. The van der Waals surface area contributed by atoms with Crippen LogP contribution in [-0.4, -0.2) is 74.2 Å². The van der Waals surface area contributed by atoms with Crippen molar-refractivity contribution in [3.8, 4) is 0 Å². The fourth-order valence-electron chi connectivity index (χ4n) is 5.06. The van der Waals surface area contributed by atoms with Crippen LogP contribution in [0.15, 0.2) is 72.8 Å². The number of carbonyl (C=O) groups is 1. The predicted octanol–water partition coefficient (Wildman–Crippen LogP) is 3.80. The van der Waals surface area contributed by atoms with Crippen molar-refractivity contribution in [1.82, 2.24) is 9.80 Å². The first-order valence-electron chi connectivity index (χ1n) is 11.5. The molecule has 0 spiro atoms. The summed E-state index contributed by atoms with van der Waals surface area (Å²) in [5, 5.41) is 2.12. The van der Waals surface area contributed by atoms with Gasteiger partial charge in [-0.1, -0.05) is 72.8 Å². The molecule has 2 saturated heterocycles. The van der Waals surface area contributed by atoms with E-state index in [1.165, 1.54) is 5.56 Å². The number of ketones is 1. The highest BCUT2D eigenvalue weighted by molar-refractivity contribution is 6.10. The minimum atomic E-state index is -0.287. The first-order valence-corrected chi connectivity index (χ1v) is 11.5. The van der Waals surface area contributed by atoms with Gasteiger partial charge in [0.05, 0.1) is 38.5 Å². The van der Waals surface area contributed by atoms with Crippen molar-refractivity contribution >= 4 is 16.6 Å².